The van der Waals surface area contributed by atoms with Crippen molar-refractivity contribution in [3.8, 4) is 5.88 Å². The second-order valence-electron chi connectivity index (χ2n) is 5.47. The van der Waals surface area contributed by atoms with Crippen LogP contribution in [0.25, 0.3) is 0 Å². The number of benzene rings is 1. The van der Waals surface area contributed by atoms with Crippen molar-refractivity contribution in [1.29, 1.82) is 0 Å². The van der Waals surface area contributed by atoms with Gasteiger partial charge in [0.05, 0.1) is 6.61 Å². The summed E-state index contributed by atoms with van der Waals surface area (Å²) in [5.74, 6) is 1.25. The monoisotopic (exact) mass is 284 g/mol. The largest absolute Gasteiger partial charge is 0.474 e. The summed E-state index contributed by atoms with van der Waals surface area (Å²) in [6.07, 6.45) is 6.75. The first-order chi connectivity index (χ1) is 10.4. The maximum absolute atomic E-state index is 5.86. The molecule has 1 fully saturated rings. The van der Waals surface area contributed by atoms with Gasteiger partial charge in [0.25, 0.3) is 0 Å². The lowest BCUT2D eigenvalue weighted by atomic mass is 10.1. The van der Waals surface area contributed by atoms with E-state index in [4.69, 9.17) is 9.47 Å². The Morgan fingerprint density at radius 3 is 2.81 bits per heavy atom. The maximum Gasteiger partial charge on any atom is 0.216 e. The van der Waals surface area contributed by atoms with E-state index in [0.29, 0.717) is 18.4 Å². The molecule has 0 spiro atoms. The van der Waals surface area contributed by atoms with Crippen molar-refractivity contribution in [2.24, 2.45) is 5.92 Å². The molecule has 1 aliphatic carbocycles. The molecule has 0 N–H and O–H groups in total. The minimum absolute atomic E-state index is 0.255. The Hall–Kier alpha value is -1.94. The van der Waals surface area contributed by atoms with Crippen LogP contribution in [-0.2, 0) is 11.3 Å². The van der Waals surface area contributed by atoms with Crippen LogP contribution in [0.15, 0.2) is 48.9 Å². The molecule has 2 aromatic rings. The summed E-state index contributed by atoms with van der Waals surface area (Å²) >= 11 is 0. The molecule has 1 saturated carbocycles. The molecular formula is C17H20N2O2. The second kappa shape index (κ2) is 7.18. The lowest BCUT2D eigenvalue weighted by Crippen LogP contribution is -2.14. The van der Waals surface area contributed by atoms with Crippen molar-refractivity contribution in [3.63, 3.8) is 0 Å². The molecule has 4 nitrogen and oxygen atoms in total. The molecule has 0 bridgehead atoms. The SMILES string of the molecule is c1ccc(COC[C@@H]2CC[C@H](Oc3ccncn3)C2)cc1. The summed E-state index contributed by atoms with van der Waals surface area (Å²) in [4.78, 5) is 8.00. The summed E-state index contributed by atoms with van der Waals surface area (Å²) in [5.41, 5.74) is 1.23. The molecule has 110 valence electrons. The van der Waals surface area contributed by atoms with E-state index in [1.807, 2.05) is 18.2 Å². The number of hydrogen-bond donors (Lipinski definition) is 0. The lowest BCUT2D eigenvalue weighted by molar-refractivity contribution is 0.0837. The maximum atomic E-state index is 5.86. The fraction of sp³-hybridized carbons (Fsp3) is 0.412. The van der Waals surface area contributed by atoms with Crippen molar-refractivity contribution < 1.29 is 9.47 Å². The molecule has 3 rings (SSSR count). The van der Waals surface area contributed by atoms with E-state index < -0.39 is 0 Å². The molecule has 1 heterocycles. The fourth-order valence-electron chi connectivity index (χ4n) is 2.72. The van der Waals surface area contributed by atoms with Gasteiger partial charge >= 0.3 is 0 Å². The van der Waals surface area contributed by atoms with Crippen molar-refractivity contribution in [2.45, 2.75) is 32.0 Å². The zero-order chi connectivity index (χ0) is 14.3. The van der Waals surface area contributed by atoms with Crippen LogP contribution in [0.5, 0.6) is 5.88 Å². The number of aromatic nitrogens is 2. The van der Waals surface area contributed by atoms with Crippen LogP contribution >= 0.6 is 0 Å². The Bertz CT molecular complexity index is 533. The van der Waals surface area contributed by atoms with Gasteiger partial charge in [0.1, 0.15) is 12.4 Å². The van der Waals surface area contributed by atoms with Crippen molar-refractivity contribution in [2.75, 3.05) is 6.61 Å². The third-order valence-electron chi connectivity index (χ3n) is 3.80. The Morgan fingerprint density at radius 2 is 2.00 bits per heavy atom. The van der Waals surface area contributed by atoms with E-state index in [2.05, 4.69) is 22.1 Å². The summed E-state index contributed by atoms with van der Waals surface area (Å²) in [7, 11) is 0. The molecule has 0 aliphatic heterocycles. The highest BCUT2D eigenvalue weighted by molar-refractivity contribution is 5.13. The van der Waals surface area contributed by atoms with Crippen LogP contribution in [0.3, 0.4) is 0 Å². The van der Waals surface area contributed by atoms with Crippen molar-refractivity contribution in [3.05, 3.63) is 54.5 Å². The average Bonchev–Trinajstić information content (AvgIpc) is 2.97. The van der Waals surface area contributed by atoms with Crippen molar-refractivity contribution in [1.82, 2.24) is 9.97 Å². The molecule has 0 saturated heterocycles. The van der Waals surface area contributed by atoms with E-state index in [9.17, 15) is 0 Å². The second-order valence-corrected chi connectivity index (χ2v) is 5.47. The molecule has 0 radical (unpaired) electrons. The summed E-state index contributed by atoms with van der Waals surface area (Å²) < 4.78 is 11.7. The number of ether oxygens (including phenoxy) is 2. The number of rotatable bonds is 6. The highest BCUT2D eigenvalue weighted by atomic mass is 16.5. The van der Waals surface area contributed by atoms with Gasteiger partial charge in [-0.3, -0.25) is 0 Å². The zero-order valence-corrected chi connectivity index (χ0v) is 12.0. The molecule has 1 aromatic heterocycles. The molecule has 4 heteroatoms. The first-order valence-electron chi connectivity index (χ1n) is 7.44. The van der Waals surface area contributed by atoms with Gasteiger partial charge in [0.15, 0.2) is 0 Å². The van der Waals surface area contributed by atoms with E-state index in [-0.39, 0.29) is 6.10 Å². The van der Waals surface area contributed by atoms with Crippen LogP contribution in [0.4, 0.5) is 0 Å². The highest BCUT2D eigenvalue weighted by Gasteiger charge is 2.26. The van der Waals surface area contributed by atoms with Crippen LogP contribution < -0.4 is 4.74 Å². The van der Waals surface area contributed by atoms with E-state index in [1.165, 1.54) is 11.9 Å². The van der Waals surface area contributed by atoms with Crippen LogP contribution in [-0.4, -0.2) is 22.7 Å². The topological polar surface area (TPSA) is 44.2 Å². The fourth-order valence-corrected chi connectivity index (χ4v) is 2.72. The molecule has 2 atom stereocenters. The minimum Gasteiger partial charge on any atom is -0.474 e. The normalized spacial score (nSPS) is 21.3. The molecule has 1 aromatic carbocycles. The van der Waals surface area contributed by atoms with Gasteiger partial charge in [0.2, 0.25) is 5.88 Å². The third kappa shape index (κ3) is 4.26. The zero-order valence-electron chi connectivity index (χ0n) is 12.0. The van der Waals surface area contributed by atoms with Gasteiger partial charge in [-0.15, -0.1) is 0 Å². The predicted molar refractivity (Wildman–Crippen MR) is 79.9 cm³/mol. The molecule has 1 aliphatic rings. The lowest BCUT2D eigenvalue weighted by Gasteiger charge is -2.13. The summed E-state index contributed by atoms with van der Waals surface area (Å²) in [6.45, 7) is 1.49. The Labute approximate surface area is 125 Å². The van der Waals surface area contributed by atoms with Gasteiger partial charge in [-0.25, -0.2) is 9.97 Å². The molecule has 0 amide bonds. The number of hydrogen-bond acceptors (Lipinski definition) is 4. The van der Waals surface area contributed by atoms with Gasteiger partial charge in [-0.2, -0.15) is 0 Å². The summed E-state index contributed by atoms with van der Waals surface area (Å²) in [5, 5.41) is 0. The first-order valence-corrected chi connectivity index (χ1v) is 7.44. The molecule has 0 unspecified atom stereocenters. The van der Waals surface area contributed by atoms with Crippen LogP contribution in [0.1, 0.15) is 24.8 Å². The number of nitrogens with zero attached hydrogens (tertiary/aromatic N) is 2. The van der Waals surface area contributed by atoms with Gasteiger partial charge in [-0.05, 0) is 30.7 Å². The third-order valence-corrected chi connectivity index (χ3v) is 3.80. The highest BCUT2D eigenvalue weighted by Crippen LogP contribution is 2.28. The predicted octanol–water partition coefficient (Wildman–Crippen LogP) is 3.24. The standard InChI is InChI=1S/C17H20N2O2/c1-2-4-14(5-3-1)11-20-12-15-6-7-16(10-15)21-17-8-9-18-13-19-17/h1-5,8-9,13,15-16H,6-7,10-12H2/t15-,16+/m1/s1. The Kier molecular flexibility index (Phi) is 4.79. The first kappa shape index (κ1) is 14.0. The Morgan fingerprint density at radius 1 is 1.10 bits per heavy atom. The average molecular weight is 284 g/mol. The summed E-state index contributed by atoms with van der Waals surface area (Å²) in [6, 6.07) is 12.1. The quantitative estimate of drug-likeness (QED) is 0.817. The van der Waals surface area contributed by atoms with Gasteiger partial charge in [0, 0.05) is 18.9 Å². The molecular weight excluding hydrogens is 264 g/mol. The van der Waals surface area contributed by atoms with Crippen LogP contribution in [0.2, 0.25) is 0 Å². The Balaban J connectivity index is 1.39. The van der Waals surface area contributed by atoms with Gasteiger partial charge < -0.3 is 9.47 Å². The van der Waals surface area contributed by atoms with Crippen LogP contribution in [0, 0.1) is 5.92 Å². The molecule has 21 heavy (non-hydrogen) atoms. The van der Waals surface area contributed by atoms with Gasteiger partial charge in [-0.1, -0.05) is 30.3 Å². The smallest absolute Gasteiger partial charge is 0.216 e. The van der Waals surface area contributed by atoms with E-state index >= 15 is 0 Å². The minimum atomic E-state index is 0.255. The van der Waals surface area contributed by atoms with Crippen molar-refractivity contribution >= 4 is 0 Å². The van der Waals surface area contributed by atoms with E-state index in [0.717, 1.165) is 25.9 Å². The van der Waals surface area contributed by atoms with E-state index in [1.54, 1.807) is 12.3 Å².